The van der Waals surface area contributed by atoms with Crippen LogP contribution < -0.4 is 4.90 Å². The quantitative estimate of drug-likeness (QED) is 0.850. The molecule has 1 aromatic rings. The fraction of sp³-hybridized carbons (Fsp3) is 0.250. The number of carbonyl (C=O) groups is 2. The van der Waals surface area contributed by atoms with Gasteiger partial charge in [-0.3, -0.25) is 9.59 Å². The number of nitrogens with zero attached hydrogens (tertiary/aromatic N) is 2. The van der Waals surface area contributed by atoms with Gasteiger partial charge in [-0.05, 0) is 18.2 Å². The lowest BCUT2D eigenvalue weighted by Gasteiger charge is -2.17. The molecule has 0 bridgehead atoms. The first-order valence-corrected chi connectivity index (χ1v) is 5.25. The summed E-state index contributed by atoms with van der Waals surface area (Å²) in [6, 6.07) is 5.27. The van der Waals surface area contributed by atoms with Crippen LogP contribution in [-0.4, -0.2) is 23.5 Å². The number of hydrogen-bond donors (Lipinski definition) is 1. The lowest BCUT2D eigenvalue weighted by molar-refractivity contribution is -0.141. The molecule has 0 saturated carbocycles. The van der Waals surface area contributed by atoms with Crippen LogP contribution in [0.2, 0.25) is 0 Å². The Morgan fingerprint density at radius 1 is 1.56 bits per heavy atom. The molecule has 0 aromatic heterocycles. The number of amides is 1. The van der Waals surface area contributed by atoms with Crippen LogP contribution in [0.15, 0.2) is 18.2 Å². The summed E-state index contributed by atoms with van der Waals surface area (Å²) in [5.74, 6) is -2.78. The summed E-state index contributed by atoms with van der Waals surface area (Å²) in [7, 11) is 0. The highest BCUT2D eigenvalue weighted by molar-refractivity contribution is 6.00. The summed E-state index contributed by atoms with van der Waals surface area (Å²) in [4.78, 5) is 23.7. The summed E-state index contributed by atoms with van der Waals surface area (Å²) in [6.07, 6.45) is -0.0996. The number of nitriles is 1. The summed E-state index contributed by atoms with van der Waals surface area (Å²) >= 11 is 0. The number of anilines is 1. The molecule has 1 amide bonds. The summed E-state index contributed by atoms with van der Waals surface area (Å²) in [5.41, 5.74) is 0.280. The standard InChI is InChI=1S/C12H9FN2O3/c13-9-1-2-10(7(3-9)5-14)15-6-8(12(17)18)4-11(15)16/h1-3,8H,4,6H2,(H,17,18). The SMILES string of the molecule is N#Cc1cc(F)ccc1N1CC(C(=O)O)CC1=O. The maximum Gasteiger partial charge on any atom is 0.308 e. The zero-order valence-electron chi connectivity index (χ0n) is 9.26. The molecular formula is C12H9FN2O3. The van der Waals surface area contributed by atoms with Crippen LogP contribution in [0, 0.1) is 23.1 Å². The molecule has 1 fully saturated rings. The van der Waals surface area contributed by atoms with Gasteiger partial charge in [0.15, 0.2) is 0 Å². The van der Waals surface area contributed by atoms with Crippen molar-refractivity contribution in [2.45, 2.75) is 6.42 Å². The van der Waals surface area contributed by atoms with Crippen molar-refractivity contribution in [3.63, 3.8) is 0 Å². The Morgan fingerprint density at radius 3 is 2.83 bits per heavy atom. The van der Waals surface area contributed by atoms with Crippen molar-refractivity contribution in [3.8, 4) is 6.07 Å². The van der Waals surface area contributed by atoms with Gasteiger partial charge in [0, 0.05) is 13.0 Å². The molecule has 0 spiro atoms. The number of carbonyl (C=O) groups excluding carboxylic acids is 1. The van der Waals surface area contributed by atoms with E-state index in [-0.39, 0.29) is 30.1 Å². The third kappa shape index (κ3) is 2.02. The summed E-state index contributed by atoms with van der Waals surface area (Å²) in [5, 5.41) is 17.8. The first-order valence-electron chi connectivity index (χ1n) is 5.25. The van der Waals surface area contributed by atoms with Gasteiger partial charge in [0.1, 0.15) is 11.9 Å². The predicted molar refractivity (Wildman–Crippen MR) is 59.2 cm³/mol. The average molecular weight is 248 g/mol. The lowest BCUT2D eigenvalue weighted by Crippen LogP contribution is -2.26. The van der Waals surface area contributed by atoms with Crippen LogP contribution >= 0.6 is 0 Å². The first kappa shape index (κ1) is 12.0. The highest BCUT2D eigenvalue weighted by atomic mass is 19.1. The van der Waals surface area contributed by atoms with Gasteiger partial charge in [-0.25, -0.2) is 4.39 Å². The number of benzene rings is 1. The molecule has 1 heterocycles. The molecule has 0 aliphatic carbocycles. The minimum absolute atomic E-state index is 0.00841. The molecule has 5 nitrogen and oxygen atoms in total. The van der Waals surface area contributed by atoms with Crippen molar-refractivity contribution < 1.29 is 19.1 Å². The largest absolute Gasteiger partial charge is 0.481 e. The molecule has 1 aliphatic heterocycles. The third-order valence-electron chi connectivity index (χ3n) is 2.84. The van der Waals surface area contributed by atoms with E-state index in [4.69, 9.17) is 10.4 Å². The number of carboxylic acids is 1. The molecule has 18 heavy (non-hydrogen) atoms. The summed E-state index contributed by atoms with van der Waals surface area (Å²) < 4.78 is 13.0. The normalized spacial score (nSPS) is 18.8. The van der Waals surface area contributed by atoms with Gasteiger partial charge < -0.3 is 10.0 Å². The monoisotopic (exact) mass is 248 g/mol. The number of rotatable bonds is 2. The first-order chi connectivity index (χ1) is 8.52. The predicted octanol–water partition coefficient (Wildman–Crippen LogP) is 1.13. The molecule has 92 valence electrons. The minimum Gasteiger partial charge on any atom is -0.481 e. The Kier molecular flexibility index (Phi) is 2.98. The molecule has 1 N–H and O–H groups in total. The number of carboxylic acid groups (broad SMARTS) is 1. The van der Waals surface area contributed by atoms with Gasteiger partial charge in [-0.15, -0.1) is 0 Å². The summed E-state index contributed by atoms with van der Waals surface area (Å²) in [6.45, 7) is 0.00841. The minimum atomic E-state index is -1.05. The molecule has 1 atom stereocenters. The van der Waals surface area contributed by atoms with Crippen molar-refractivity contribution in [2.24, 2.45) is 5.92 Å². The van der Waals surface area contributed by atoms with E-state index in [1.807, 2.05) is 0 Å². The molecule has 1 unspecified atom stereocenters. The Balaban J connectivity index is 2.36. The zero-order valence-corrected chi connectivity index (χ0v) is 9.26. The van der Waals surface area contributed by atoms with E-state index < -0.39 is 17.7 Å². The van der Waals surface area contributed by atoms with Crippen LogP contribution in [0.5, 0.6) is 0 Å². The van der Waals surface area contributed by atoms with E-state index in [2.05, 4.69) is 0 Å². The van der Waals surface area contributed by atoms with Gasteiger partial charge in [0.25, 0.3) is 0 Å². The second kappa shape index (κ2) is 4.45. The molecule has 0 radical (unpaired) electrons. The highest BCUT2D eigenvalue weighted by Gasteiger charge is 2.35. The molecule has 1 aliphatic rings. The number of aliphatic carboxylic acids is 1. The van der Waals surface area contributed by atoms with E-state index in [1.54, 1.807) is 6.07 Å². The molecule has 2 rings (SSSR count). The average Bonchev–Trinajstić information content (AvgIpc) is 2.71. The maximum atomic E-state index is 13.0. The van der Waals surface area contributed by atoms with Crippen molar-refractivity contribution >= 4 is 17.6 Å². The van der Waals surface area contributed by atoms with Crippen LogP contribution in [0.4, 0.5) is 10.1 Å². The molecule has 1 aromatic carbocycles. The molecular weight excluding hydrogens is 239 g/mol. The van der Waals surface area contributed by atoms with E-state index in [9.17, 15) is 14.0 Å². The Labute approximate surface area is 102 Å². The van der Waals surface area contributed by atoms with Crippen LogP contribution in [-0.2, 0) is 9.59 Å². The number of halogens is 1. The maximum absolute atomic E-state index is 13.0. The van der Waals surface area contributed by atoms with Gasteiger partial charge in [-0.2, -0.15) is 5.26 Å². The van der Waals surface area contributed by atoms with Crippen molar-refractivity contribution in [2.75, 3.05) is 11.4 Å². The Hall–Kier alpha value is -2.42. The van der Waals surface area contributed by atoms with Crippen molar-refractivity contribution in [3.05, 3.63) is 29.6 Å². The van der Waals surface area contributed by atoms with E-state index >= 15 is 0 Å². The smallest absolute Gasteiger partial charge is 0.308 e. The zero-order chi connectivity index (χ0) is 13.3. The van der Waals surface area contributed by atoms with Gasteiger partial charge in [0.05, 0.1) is 17.2 Å². The van der Waals surface area contributed by atoms with Crippen LogP contribution in [0.25, 0.3) is 0 Å². The Bertz CT molecular complexity index is 565. The Morgan fingerprint density at radius 2 is 2.28 bits per heavy atom. The second-order valence-electron chi connectivity index (χ2n) is 4.02. The molecule has 1 saturated heterocycles. The van der Waals surface area contributed by atoms with Crippen LogP contribution in [0.3, 0.4) is 0 Å². The number of hydrogen-bond acceptors (Lipinski definition) is 3. The topological polar surface area (TPSA) is 81.4 Å². The van der Waals surface area contributed by atoms with Gasteiger partial charge in [-0.1, -0.05) is 0 Å². The van der Waals surface area contributed by atoms with Gasteiger partial charge >= 0.3 is 5.97 Å². The molecule has 6 heteroatoms. The van der Waals surface area contributed by atoms with Gasteiger partial charge in [0.2, 0.25) is 5.91 Å². The van der Waals surface area contributed by atoms with E-state index in [0.717, 1.165) is 12.1 Å². The van der Waals surface area contributed by atoms with E-state index in [0.29, 0.717) is 0 Å². The fourth-order valence-corrected chi connectivity index (χ4v) is 1.94. The fourth-order valence-electron chi connectivity index (χ4n) is 1.94. The van der Waals surface area contributed by atoms with Crippen molar-refractivity contribution in [1.29, 1.82) is 5.26 Å². The van der Waals surface area contributed by atoms with E-state index in [1.165, 1.54) is 11.0 Å². The van der Waals surface area contributed by atoms with Crippen LogP contribution in [0.1, 0.15) is 12.0 Å². The lowest BCUT2D eigenvalue weighted by atomic mass is 10.1. The third-order valence-corrected chi connectivity index (χ3v) is 2.84. The highest BCUT2D eigenvalue weighted by Crippen LogP contribution is 2.28. The van der Waals surface area contributed by atoms with Crippen molar-refractivity contribution in [1.82, 2.24) is 0 Å². The second-order valence-corrected chi connectivity index (χ2v) is 4.02.